The Morgan fingerprint density at radius 1 is 1.40 bits per heavy atom. The number of rotatable bonds is 2. The molecule has 104 valence electrons. The van der Waals surface area contributed by atoms with Crippen molar-refractivity contribution in [2.75, 3.05) is 18.0 Å². The summed E-state index contributed by atoms with van der Waals surface area (Å²) < 4.78 is 18.9. The van der Waals surface area contributed by atoms with Crippen LogP contribution in [0.5, 0.6) is 0 Å². The highest BCUT2D eigenvalue weighted by Crippen LogP contribution is 2.33. The predicted molar refractivity (Wildman–Crippen MR) is 66.1 cm³/mol. The molecule has 0 saturated carbocycles. The largest absolute Gasteiger partial charge is 0.442 e. The molecule has 7 heteroatoms. The van der Waals surface area contributed by atoms with Crippen molar-refractivity contribution < 1.29 is 23.5 Å². The van der Waals surface area contributed by atoms with Crippen LogP contribution < -0.4 is 10.2 Å². The van der Waals surface area contributed by atoms with Crippen molar-refractivity contribution in [1.29, 1.82) is 0 Å². The Hall–Kier alpha value is -2.44. The van der Waals surface area contributed by atoms with E-state index >= 15 is 0 Å². The minimum Gasteiger partial charge on any atom is -0.442 e. The number of hydrogen-bond donors (Lipinski definition) is 1. The number of ketones is 1. The molecule has 2 amide bonds. The first kappa shape index (κ1) is 12.6. The van der Waals surface area contributed by atoms with E-state index in [1.165, 1.54) is 12.1 Å². The van der Waals surface area contributed by atoms with Gasteiger partial charge in [0, 0.05) is 0 Å². The summed E-state index contributed by atoms with van der Waals surface area (Å²) >= 11 is 0. The molecule has 6 nitrogen and oxygen atoms in total. The number of carbonyl (C=O) groups excluding carboxylic acids is 3. The fourth-order valence-electron chi connectivity index (χ4n) is 2.43. The van der Waals surface area contributed by atoms with Gasteiger partial charge in [0.05, 0.1) is 24.3 Å². The van der Waals surface area contributed by atoms with Crippen LogP contribution in [0.1, 0.15) is 15.9 Å². The van der Waals surface area contributed by atoms with Gasteiger partial charge >= 0.3 is 6.09 Å². The van der Waals surface area contributed by atoms with Gasteiger partial charge < -0.3 is 10.1 Å². The van der Waals surface area contributed by atoms with Gasteiger partial charge in [-0.15, -0.1) is 0 Å². The second-order valence-corrected chi connectivity index (χ2v) is 4.80. The molecule has 0 bridgehead atoms. The molecule has 2 heterocycles. The van der Waals surface area contributed by atoms with Gasteiger partial charge in [-0.05, 0) is 24.6 Å². The summed E-state index contributed by atoms with van der Waals surface area (Å²) in [6, 6.07) is 2.74. The predicted octanol–water partition coefficient (Wildman–Crippen LogP) is 0.772. The summed E-state index contributed by atoms with van der Waals surface area (Å²) in [6.07, 6.45) is -1.18. The Bertz CT molecular complexity index is 644. The molecule has 1 unspecified atom stereocenters. The highest BCUT2D eigenvalue weighted by atomic mass is 19.1. The van der Waals surface area contributed by atoms with Gasteiger partial charge in [-0.3, -0.25) is 14.5 Å². The monoisotopic (exact) mass is 278 g/mol. The lowest BCUT2D eigenvalue weighted by atomic mass is 10.1. The standard InChI is InChI=1S/C13H11FN2O4/c1-6-2-8-10(9(14)3-6)16(12(18)11(8)17)5-7-4-15-13(19)20-7/h2-3,7H,4-5H2,1H3,(H,15,19). The normalized spacial score (nSPS) is 21.0. The molecule has 1 fully saturated rings. The van der Waals surface area contributed by atoms with E-state index < -0.39 is 29.7 Å². The van der Waals surface area contributed by atoms with Crippen LogP contribution in [0.4, 0.5) is 14.9 Å². The van der Waals surface area contributed by atoms with E-state index in [0.717, 1.165) is 4.90 Å². The quantitative estimate of drug-likeness (QED) is 0.811. The smallest absolute Gasteiger partial charge is 0.407 e. The number of halogens is 1. The zero-order chi connectivity index (χ0) is 14.4. The Balaban J connectivity index is 1.96. The van der Waals surface area contributed by atoms with Crippen molar-refractivity contribution in [1.82, 2.24) is 5.32 Å². The number of nitrogens with one attached hydrogen (secondary N) is 1. The Labute approximate surface area is 113 Å². The van der Waals surface area contributed by atoms with Crippen molar-refractivity contribution in [3.63, 3.8) is 0 Å². The third kappa shape index (κ3) is 1.82. The summed E-state index contributed by atoms with van der Waals surface area (Å²) in [4.78, 5) is 35.8. The molecule has 1 aromatic carbocycles. The first-order valence-electron chi connectivity index (χ1n) is 6.08. The topological polar surface area (TPSA) is 75.7 Å². The molecule has 0 aromatic heterocycles. The number of aryl methyl sites for hydroxylation is 1. The molecule has 2 aliphatic heterocycles. The van der Waals surface area contributed by atoms with E-state index in [1.807, 2.05) is 0 Å². The summed E-state index contributed by atoms with van der Waals surface area (Å²) in [5, 5.41) is 2.44. The number of carbonyl (C=O) groups is 3. The maximum absolute atomic E-state index is 14.0. The minimum absolute atomic E-state index is 0.0338. The average molecular weight is 278 g/mol. The van der Waals surface area contributed by atoms with Gasteiger partial charge in [0.25, 0.3) is 11.7 Å². The first-order valence-corrected chi connectivity index (χ1v) is 6.08. The maximum Gasteiger partial charge on any atom is 0.407 e. The maximum atomic E-state index is 14.0. The molecule has 1 atom stereocenters. The van der Waals surface area contributed by atoms with Crippen molar-refractivity contribution in [2.45, 2.75) is 13.0 Å². The molecule has 1 N–H and O–H groups in total. The zero-order valence-corrected chi connectivity index (χ0v) is 10.6. The Morgan fingerprint density at radius 3 is 2.80 bits per heavy atom. The van der Waals surface area contributed by atoms with E-state index in [2.05, 4.69) is 5.32 Å². The third-order valence-electron chi connectivity index (χ3n) is 3.30. The summed E-state index contributed by atoms with van der Waals surface area (Å²) in [7, 11) is 0. The van der Waals surface area contributed by atoms with Gasteiger partial charge in [-0.1, -0.05) is 0 Å². The van der Waals surface area contributed by atoms with Crippen LogP contribution in [0.2, 0.25) is 0 Å². The molecular weight excluding hydrogens is 267 g/mol. The molecule has 3 rings (SSSR count). The molecule has 0 spiro atoms. The van der Waals surface area contributed by atoms with Crippen LogP contribution in [-0.2, 0) is 9.53 Å². The van der Waals surface area contributed by atoms with Crippen LogP contribution in [0.25, 0.3) is 0 Å². The lowest BCUT2D eigenvalue weighted by Gasteiger charge is -2.19. The number of nitrogens with zero attached hydrogens (tertiary/aromatic N) is 1. The molecule has 20 heavy (non-hydrogen) atoms. The number of anilines is 1. The number of benzene rings is 1. The van der Waals surface area contributed by atoms with Crippen LogP contribution in [-0.4, -0.2) is 37.0 Å². The molecule has 0 aliphatic carbocycles. The van der Waals surface area contributed by atoms with Crippen molar-refractivity contribution in [2.24, 2.45) is 0 Å². The van der Waals surface area contributed by atoms with E-state index in [-0.39, 0.29) is 24.3 Å². The second-order valence-electron chi connectivity index (χ2n) is 4.80. The van der Waals surface area contributed by atoms with E-state index in [0.29, 0.717) is 5.56 Å². The van der Waals surface area contributed by atoms with Crippen molar-refractivity contribution in [3.05, 3.63) is 29.1 Å². The van der Waals surface area contributed by atoms with Gasteiger partial charge in [0.2, 0.25) is 0 Å². The number of hydrogen-bond acceptors (Lipinski definition) is 4. The lowest BCUT2D eigenvalue weighted by Crippen LogP contribution is -2.38. The molecule has 2 aliphatic rings. The van der Waals surface area contributed by atoms with E-state index in [4.69, 9.17) is 4.74 Å². The first-order chi connectivity index (χ1) is 9.47. The average Bonchev–Trinajstić information content (AvgIpc) is 2.88. The summed E-state index contributed by atoms with van der Waals surface area (Å²) in [5.41, 5.74) is 0.594. The highest BCUT2D eigenvalue weighted by molar-refractivity contribution is 6.52. The minimum atomic E-state index is -0.799. The Kier molecular flexibility index (Phi) is 2.70. The zero-order valence-electron chi connectivity index (χ0n) is 10.6. The second kappa shape index (κ2) is 4.29. The number of alkyl carbamates (subject to hydrolysis) is 1. The van der Waals surface area contributed by atoms with Crippen LogP contribution in [0.3, 0.4) is 0 Å². The van der Waals surface area contributed by atoms with Gasteiger partial charge in [0.1, 0.15) is 11.9 Å². The van der Waals surface area contributed by atoms with E-state index in [9.17, 15) is 18.8 Å². The number of amides is 2. The van der Waals surface area contributed by atoms with Gasteiger partial charge in [-0.2, -0.15) is 0 Å². The summed E-state index contributed by atoms with van der Waals surface area (Å²) in [5.74, 6) is -2.16. The number of fused-ring (bicyclic) bond motifs is 1. The van der Waals surface area contributed by atoms with Crippen LogP contribution >= 0.6 is 0 Å². The lowest BCUT2D eigenvalue weighted by molar-refractivity contribution is -0.114. The molecule has 1 saturated heterocycles. The summed E-state index contributed by atoms with van der Waals surface area (Å²) in [6.45, 7) is 1.82. The van der Waals surface area contributed by atoms with Crippen molar-refractivity contribution in [3.8, 4) is 0 Å². The van der Waals surface area contributed by atoms with Crippen LogP contribution in [0, 0.1) is 12.7 Å². The SMILES string of the molecule is Cc1cc(F)c2c(c1)C(=O)C(=O)N2CC1CNC(=O)O1. The number of cyclic esters (lactones) is 1. The van der Waals surface area contributed by atoms with Gasteiger partial charge in [-0.25, -0.2) is 9.18 Å². The Morgan fingerprint density at radius 2 is 2.15 bits per heavy atom. The van der Waals surface area contributed by atoms with Gasteiger partial charge in [0.15, 0.2) is 0 Å². The van der Waals surface area contributed by atoms with E-state index in [1.54, 1.807) is 6.92 Å². The van der Waals surface area contributed by atoms with Crippen LogP contribution in [0.15, 0.2) is 12.1 Å². The number of Topliss-reactive ketones (excluding diaryl/α,β-unsaturated/α-hetero) is 1. The van der Waals surface area contributed by atoms with Crippen molar-refractivity contribution >= 4 is 23.5 Å². The fourth-order valence-corrected chi connectivity index (χ4v) is 2.43. The fraction of sp³-hybridized carbons (Fsp3) is 0.308. The third-order valence-corrected chi connectivity index (χ3v) is 3.30. The molecular formula is C13H11FN2O4. The number of ether oxygens (including phenoxy) is 1. The highest BCUT2D eigenvalue weighted by Gasteiger charge is 2.40. The molecule has 1 aromatic rings. The molecule has 0 radical (unpaired) electrons.